The van der Waals surface area contributed by atoms with E-state index in [9.17, 15) is 4.79 Å². The van der Waals surface area contributed by atoms with Gasteiger partial charge in [-0.05, 0) is 43.4 Å². The van der Waals surface area contributed by atoms with Gasteiger partial charge >= 0.3 is 0 Å². The van der Waals surface area contributed by atoms with E-state index in [0.717, 1.165) is 29.8 Å². The van der Waals surface area contributed by atoms with Crippen molar-refractivity contribution in [3.05, 3.63) is 41.6 Å². The summed E-state index contributed by atoms with van der Waals surface area (Å²) in [6.45, 7) is 1.86. The number of thioether (sulfide) groups is 1. The van der Waals surface area contributed by atoms with Gasteiger partial charge in [0.15, 0.2) is 5.16 Å². The number of nitrogens with one attached hydrogen (secondary N) is 1. The van der Waals surface area contributed by atoms with Gasteiger partial charge in [0.2, 0.25) is 5.91 Å². The lowest BCUT2D eigenvalue weighted by Crippen LogP contribution is -2.31. The zero-order valence-corrected chi connectivity index (χ0v) is 15.2. The molecule has 0 spiro atoms. The molecular weight excluding hydrogens is 336 g/mol. The highest BCUT2D eigenvalue weighted by Crippen LogP contribution is 2.41. The van der Waals surface area contributed by atoms with E-state index in [-0.39, 0.29) is 17.7 Å². The number of nitrogens with two attached hydrogens (primary N) is 1. The number of carbonyl (C=O) groups excluding carboxylic acids is 1. The molecule has 0 bridgehead atoms. The highest BCUT2D eigenvalue weighted by molar-refractivity contribution is 7.99. The second kappa shape index (κ2) is 7.74. The van der Waals surface area contributed by atoms with Crippen molar-refractivity contribution in [2.75, 3.05) is 18.6 Å². The van der Waals surface area contributed by atoms with E-state index in [2.05, 4.69) is 15.3 Å². The molecule has 0 radical (unpaired) electrons. The van der Waals surface area contributed by atoms with Gasteiger partial charge in [-0.1, -0.05) is 23.9 Å². The highest BCUT2D eigenvalue weighted by Gasteiger charge is 2.33. The second-order valence-corrected chi connectivity index (χ2v) is 7.10. The Kier molecular flexibility index (Phi) is 5.43. The van der Waals surface area contributed by atoms with Crippen LogP contribution in [0.1, 0.15) is 30.1 Å². The monoisotopic (exact) mass is 358 g/mol. The molecule has 2 aromatic rings. The van der Waals surface area contributed by atoms with Gasteiger partial charge in [0, 0.05) is 11.8 Å². The molecule has 1 aliphatic rings. The molecule has 1 saturated carbocycles. The summed E-state index contributed by atoms with van der Waals surface area (Å²) < 4.78 is 5.20. The number of methoxy groups -OCH3 is 1. The van der Waals surface area contributed by atoms with E-state index in [1.54, 1.807) is 13.2 Å². The largest absolute Gasteiger partial charge is 0.497 e. The summed E-state index contributed by atoms with van der Waals surface area (Å²) in [6, 6.07) is 9.63. The van der Waals surface area contributed by atoms with Crippen molar-refractivity contribution in [3.8, 4) is 5.75 Å². The summed E-state index contributed by atoms with van der Waals surface area (Å²) in [5, 5.41) is 3.67. The SMILES string of the molecule is COc1ccc(C(NC(=O)CSc2nc(C)cc(N)n2)C2CC2)cc1. The number of ether oxygens (including phenoxy) is 1. The van der Waals surface area contributed by atoms with Crippen molar-refractivity contribution in [3.63, 3.8) is 0 Å². The first-order chi connectivity index (χ1) is 12.0. The number of benzene rings is 1. The van der Waals surface area contributed by atoms with Crippen molar-refractivity contribution in [1.82, 2.24) is 15.3 Å². The third-order valence-electron chi connectivity index (χ3n) is 4.07. The van der Waals surface area contributed by atoms with E-state index >= 15 is 0 Å². The maximum atomic E-state index is 12.4. The topological polar surface area (TPSA) is 90.1 Å². The number of amides is 1. The summed E-state index contributed by atoms with van der Waals surface area (Å²) in [4.78, 5) is 20.8. The predicted molar refractivity (Wildman–Crippen MR) is 98.5 cm³/mol. The van der Waals surface area contributed by atoms with Gasteiger partial charge in [0.1, 0.15) is 11.6 Å². The van der Waals surface area contributed by atoms with Crippen LogP contribution in [0.3, 0.4) is 0 Å². The number of anilines is 1. The molecule has 0 saturated heterocycles. The fourth-order valence-corrected chi connectivity index (χ4v) is 3.41. The van der Waals surface area contributed by atoms with E-state index in [4.69, 9.17) is 10.5 Å². The van der Waals surface area contributed by atoms with E-state index in [0.29, 0.717) is 16.9 Å². The summed E-state index contributed by atoms with van der Waals surface area (Å²) in [5.41, 5.74) is 7.62. The van der Waals surface area contributed by atoms with Crippen LogP contribution in [-0.2, 0) is 4.79 Å². The van der Waals surface area contributed by atoms with Crippen LogP contribution in [0.25, 0.3) is 0 Å². The Morgan fingerprint density at radius 3 is 2.68 bits per heavy atom. The van der Waals surface area contributed by atoms with Crippen molar-refractivity contribution < 1.29 is 9.53 Å². The molecular formula is C18H22N4O2S. The molecule has 1 atom stereocenters. The number of hydrogen-bond donors (Lipinski definition) is 2. The Morgan fingerprint density at radius 1 is 1.36 bits per heavy atom. The molecule has 132 valence electrons. The minimum atomic E-state index is -0.0265. The van der Waals surface area contributed by atoms with Gasteiger partial charge in [-0.2, -0.15) is 0 Å². The number of aromatic nitrogens is 2. The highest BCUT2D eigenvalue weighted by atomic mass is 32.2. The molecule has 6 nitrogen and oxygen atoms in total. The Bertz CT molecular complexity index is 727. The zero-order valence-electron chi connectivity index (χ0n) is 14.4. The average molecular weight is 358 g/mol. The van der Waals surface area contributed by atoms with E-state index in [1.165, 1.54) is 11.8 Å². The van der Waals surface area contributed by atoms with Gasteiger partial charge in [0.25, 0.3) is 0 Å². The number of rotatable bonds is 7. The first-order valence-corrected chi connectivity index (χ1v) is 9.21. The minimum absolute atomic E-state index is 0.0265. The molecule has 1 aromatic carbocycles. The molecule has 1 aromatic heterocycles. The molecule has 3 rings (SSSR count). The molecule has 7 heteroatoms. The summed E-state index contributed by atoms with van der Waals surface area (Å²) in [6.07, 6.45) is 2.28. The fourth-order valence-electron chi connectivity index (χ4n) is 2.69. The fraction of sp³-hybridized carbons (Fsp3) is 0.389. The molecule has 1 fully saturated rings. The Morgan fingerprint density at radius 2 is 2.08 bits per heavy atom. The number of nitrogens with zero attached hydrogens (tertiary/aromatic N) is 2. The lowest BCUT2D eigenvalue weighted by molar-refractivity contribution is -0.119. The number of carbonyl (C=O) groups is 1. The molecule has 25 heavy (non-hydrogen) atoms. The van der Waals surface area contributed by atoms with Crippen molar-refractivity contribution in [2.24, 2.45) is 5.92 Å². The van der Waals surface area contributed by atoms with Crippen LogP contribution in [0, 0.1) is 12.8 Å². The summed E-state index contributed by atoms with van der Waals surface area (Å²) in [7, 11) is 1.65. The van der Waals surface area contributed by atoms with Gasteiger partial charge in [-0.3, -0.25) is 4.79 Å². The Labute approximate surface area is 151 Å². The zero-order chi connectivity index (χ0) is 17.8. The Balaban J connectivity index is 1.60. The van der Waals surface area contributed by atoms with Crippen LogP contribution in [0.5, 0.6) is 5.75 Å². The maximum absolute atomic E-state index is 12.4. The van der Waals surface area contributed by atoms with Gasteiger partial charge in [0.05, 0.1) is 18.9 Å². The molecule has 1 heterocycles. The van der Waals surface area contributed by atoms with Gasteiger partial charge in [-0.25, -0.2) is 9.97 Å². The van der Waals surface area contributed by atoms with Crippen LogP contribution in [0.4, 0.5) is 5.82 Å². The third-order valence-corrected chi connectivity index (χ3v) is 4.92. The molecule has 0 aliphatic heterocycles. The van der Waals surface area contributed by atoms with Crippen LogP contribution < -0.4 is 15.8 Å². The van der Waals surface area contributed by atoms with E-state index in [1.807, 2.05) is 31.2 Å². The second-order valence-electron chi connectivity index (χ2n) is 6.16. The third kappa shape index (κ3) is 4.85. The molecule has 3 N–H and O–H groups in total. The standard InChI is InChI=1S/C18H22N4O2S/c1-11-9-15(19)21-18(20-11)25-10-16(23)22-17(12-3-4-12)13-5-7-14(24-2)8-6-13/h5-9,12,17H,3-4,10H2,1-2H3,(H,22,23)(H2,19,20,21). The smallest absolute Gasteiger partial charge is 0.230 e. The van der Waals surface area contributed by atoms with Crippen molar-refractivity contribution in [2.45, 2.75) is 31.0 Å². The van der Waals surface area contributed by atoms with Crippen LogP contribution in [0.2, 0.25) is 0 Å². The molecule has 1 aliphatic carbocycles. The quantitative estimate of drug-likeness (QED) is 0.584. The first-order valence-electron chi connectivity index (χ1n) is 8.22. The average Bonchev–Trinajstić information content (AvgIpc) is 3.42. The lowest BCUT2D eigenvalue weighted by atomic mass is 10.0. The number of aryl methyl sites for hydroxylation is 1. The first kappa shape index (κ1) is 17.5. The minimum Gasteiger partial charge on any atom is -0.497 e. The maximum Gasteiger partial charge on any atom is 0.230 e. The summed E-state index contributed by atoms with van der Waals surface area (Å²) in [5.74, 6) is 1.98. The van der Waals surface area contributed by atoms with Crippen molar-refractivity contribution in [1.29, 1.82) is 0 Å². The molecule has 1 unspecified atom stereocenters. The normalized spacial score (nSPS) is 14.8. The molecule has 1 amide bonds. The lowest BCUT2D eigenvalue weighted by Gasteiger charge is -2.19. The Hall–Kier alpha value is -2.28. The van der Waals surface area contributed by atoms with Crippen LogP contribution in [-0.4, -0.2) is 28.7 Å². The van der Waals surface area contributed by atoms with Crippen LogP contribution >= 0.6 is 11.8 Å². The number of hydrogen-bond acceptors (Lipinski definition) is 6. The predicted octanol–water partition coefficient (Wildman–Crippen LogP) is 2.74. The van der Waals surface area contributed by atoms with E-state index < -0.39 is 0 Å². The van der Waals surface area contributed by atoms with Crippen molar-refractivity contribution >= 4 is 23.5 Å². The van der Waals surface area contributed by atoms with Crippen LogP contribution in [0.15, 0.2) is 35.5 Å². The van der Waals surface area contributed by atoms with Gasteiger partial charge in [-0.15, -0.1) is 0 Å². The van der Waals surface area contributed by atoms with Gasteiger partial charge < -0.3 is 15.8 Å². The number of nitrogen functional groups attached to an aromatic ring is 1. The summed E-state index contributed by atoms with van der Waals surface area (Å²) >= 11 is 1.30.